The Morgan fingerprint density at radius 1 is 1.16 bits per heavy atom. The molecule has 158 valence electrons. The van der Waals surface area contributed by atoms with Crippen LogP contribution in [0.1, 0.15) is 24.4 Å². The first-order chi connectivity index (χ1) is 14.9. The number of fused-ring (bicyclic) bond motifs is 1. The van der Waals surface area contributed by atoms with Crippen LogP contribution in [-0.4, -0.2) is 42.2 Å². The van der Waals surface area contributed by atoms with Crippen molar-refractivity contribution in [2.24, 2.45) is 5.73 Å². The summed E-state index contributed by atoms with van der Waals surface area (Å²) in [5.41, 5.74) is 7.74. The van der Waals surface area contributed by atoms with Crippen molar-refractivity contribution in [1.82, 2.24) is 29.2 Å². The van der Waals surface area contributed by atoms with Crippen LogP contribution >= 0.6 is 0 Å². The third-order valence-electron chi connectivity index (χ3n) is 5.37. The Kier molecular flexibility index (Phi) is 5.59. The zero-order chi connectivity index (χ0) is 22.0. The van der Waals surface area contributed by atoms with Gasteiger partial charge in [0.15, 0.2) is 0 Å². The molecule has 0 fully saturated rings. The van der Waals surface area contributed by atoms with Gasteiger partial charge >= 0.3 is 0 Å². The SMILES string of the molecule is CC(c1ccc(-n2cncn2)cc1)N(C)Cc1nc2ccccc2c(=O)n1CC(N)=O. The zero-order valence-electron chi connectivity index (χ0n) is 17.3. The maximum Gasteiger partial charge on any atom is 0.261 e. The Hall–Kier alpha value is -3.85. The van der Waals surface area contributed by atoms with E-state index >= 15 is 0 Å². The molecule has 0 bridgehead atoms. The maximum atomic E-state index is 12.9. The predicted molar refractivity (Wildman–Crippen MR) is 116 cm³/mol. The molecule has 2 heterocycles. The molecule has 4 aromatic rings. The maximum absolute atomic E-state index is 12.9. The fourth-order valence-corrected chi connectivity index (χ4v) is 3.52. The van der Waals surface area contributed by atoms with Gasteiger partial charge in [-0.1, -0.05) is 24.3 Å². The topological polar surface area (TPSA) is 112 Å². The van der Waals surface area contributed by atoms with Crippen molar-refractivity contribution in [3.63, 3.8) is 0 Å². The lowest BCUT2D eigenvalue weighted by molar-refractivity contribution is -0.118. The van der Waals surface area contributed by atoms with Gasteiger partial charge in [-0.25, -0.2) is 14.6 Å². The molecule has 0 aliphatic heterocycles. The minimum absolute atomic E-state index is 0.0372. The summed E-state index contributed by atoms with van der Waals surface area (Å²) < 4.78 is 3.06. The molecule has 2 aromatic carbocycles. The smallest absolute Gasteiger partial charge is 0.261 e. The molecule has 1 atom stereocenters. The van der Waals surface area contributed by atoms with Gasteiger partial charge < -0.3 is 5.73 Å². The molecule has 4 rings (SSSR count). The van der Waals surface area contributed by atoms with E-state index in [1.54, 1.807) is 29.2 Å². The van der Waals surface area contributed by atoms with E-state index in [0.29, 0.717) is 23.3 Å². The molecular weight excluding hydrogens is 394 g/mol. The van der Waals surface area contributed by atoms with E-state index in [-0.39, 0.29) is 18.1 Å². The average molecular weight is 417 g/mol. The van der Waals surface area contributed by atoms with E-state index < -0.39 is 5.91 Å². The molecular formula is C22H23N7O2. The summed E-state index contributed by atoms with van der Waals surface area (Å²) in [6.07, 6.45) is 3.14. The van der Waals surface area contributed by atoms with Crippen LogP contribution in [-0.2, 0) is 17.9 Å². The van der Waals surface area contributed by atoms with Crippen LogP contribution in [0, 0.1) is 0 Å². The van der Waals surface area contributed by atoms with Crippen molar-refractivity contribution in [1.29, 1.82) is 0 Å². The van der Waals surface area contributed by atoms with Crippen LogP contribution in [0.3, 0.4) is 0 Å². The second-order valence-corrected chi connectivity index (χ2v) is 7.43. The van der Waals surface area contributed by atoms with Crippen molar-refractivity contribution in [2.75, 3.05) is 7.05 Å². The molecule has 2 aromatic heterocycles. The highest BCUT2D eigenvalue weighted by molar-refractivity contribution is 5.78. The molecule has 0 aliphatic carbocycles. The summed E-state index contributed by atoms with van der Waals surface area (Å²) >= 11 is 0. The highest BCUT2D eigenvalue weighted by Crippen LogP contribution is 2.22. The van der Waals surface area contributed by atoms with Crippen LogP contribution in [0.15, 0.2) is 66.0 Å². The molecule has 0 saturated carbocycles. The van der Waals surface area contributed by atoms with Crippen molar-refractivity contribution >= 4 is 16.8 Å². The standard InChI is InChI=1S/C22H23N7O2/c1-15(16-7-9-17(10-8-16)29-14-24-13-25-29)27(2)12-21-26-19-6-4-3-5-18(19)22(31)28(21)11-20(23)30/h3-10,13-15H,11-12H2,1-2H3,(H2,23,30). The molecule has 1 amide bonds. The molecule has 0 aliphatic rings. The van der Waals surface area contributed by atoms with Gasteiger partial charge in [-0.15, -0.1) is 0 Å². The highest BCUT2D eigenvalue weighted by Gasteiger charge is 2.18. The summed E-state index contributed by atoms with van der Waals surface area (Å²) in [5, 5.41) is 4.60. The lowest BCUT2D eigenvalue weighted by Crippen LogP contribution is -2.34. The number of aromatic nitrogens is 5. The van der Waals surface area contributed by atoms with E-state index in [0.717, 1.165) is 11.3 Å². The average Bonchev–Trinajstić information content (AvgIpc) is 3.31. The summed E-state index contributed by atoms with van der Waals surface area (Å²) in [7, 11) is 1.95. The molecule has 9 heteroatoms. The van der Waals surface area contributed by atoms with Gasteiger partial charge in [0.1, 0.15) is 25.0 Å². The second kappa shape index (κ2) is 8.49. The fraction of sp³-hybridized carbons (Fsp3) is 0.227. The zero-order valence-corrected chi connectivity index (χ0v) is 17.3. The van der Waals surface area contributed by atoms with Gasteiger partial charge in [-0.05, 0) is 43.8 Å². The van der Waals surface area contributed by atoms with Gasteiger partial charge in [0, 0.05) is 6.04 Å². The Balaban J connectivity index is 1.62. The molecule has 0 radical (unpaired) electrons. The summed E-state index contributed by atoms with van der Waals surface area (Å²) in [4.78, 5) is 35.2. The van der Waals surface area contributed by atoms with E-state index in [9.17, 15) is 9.59 Å². The number of rotatable bonds is 7. The number of primary amides is 1. The van der Waals surface area contributed by atoms with Gasteiger partial charge in [0.2, 0.25) is 5.91 Å². The minimum Gasteiger partial charge on any atom is -0.368 e. The highest BCUT2D eigenvalue weighted by atomic mass is 16.2. The molecule has 9 nitrogen and oxygen atoms in total. The second-order valence-electron chi connectivity index (χ2n) is 7.43. The van der Waals surface area contributed by atoms with Crippen LogP contribution in [0.4, 0.5) is 0 Å². The lowest BCUT2D eigenvalue weighted by atomic mass is 10.1. The van der Waals surface area contributed by atoms with Crippen molar-refractivity contribution < 1.29 is 4.79 Å². The third kappa shape index (κ3) is 4.22. The van der Waals surface area contributed by atoms with Gasteiger partial charge in [-0.2, -0.15) is 5.10 Å². The van der Waals surface area contributed by atoms with Crippen LogP contribution < -0.4 is 11.3 Å². The summed E-state index contributed by atoms with van der Waals surface area (Å²) in [5.74, 6) is -0.0871. The van der Waals surface area contributed by atoms with Crippen molar-refractivity contribution in [3.8, 4) is 5.69 Å². The van der Waals surface area contributed by atoms with Crippen LogP contribution in [0.2, 0.25) is 0 Å². The number of nitrogens with two attached hydrogens (primary N) is 1. The van der Waals surface area contributed by atoms with Crippen molar-refractivity contribution in [2.45, 2.75) is 26.1 Å². The first kappa shape index (κ1) is 20.4. The first-order valence-corrected chi connectivity index (χ1v) is 9.86. The number of carbonyl (C=O) groups excluding carboxylic acids is 1. The predicted octanol–water partition coefficient (Wildman–Crippen LogP) is 1.66. The number of benzene rings is 2. The molecule has 0 saturated heterocycles. The summed E-state index contributed by atoms with van der Waals surface area (Å²) in [6.45, 7) is 2.24. The van der Waals surface area contributed by atoms with E-state index in [4.69, 9.17) is 5.73 Å². The largest absolute Gasteiger partial charge is 0.368 e. The lowest BCUT2D eigenvalue weighted by Gasteiger charge is -2.26. The Morgan fingerprint density at radius 3 is 2.58 bits per heavy atom. The quantitative estimate of drug-likeness (QED) is 0.489. The first-order valence-electron chi connectivity index (χ1n) is 9.86. The monoisotopic (exact) mass is 417 g/mol. The van der Waals surface area contributed by atoms with E-state index in [1.807, 2.05) is 37.4 Å². The number of carbonyl (C=O) groups is 1. The number of nitrogens with zero attached hydrogens (tertiary/aromatic N) is 6. The van der Waals surface area contributed by atoms with E-state index in [2.05, 4.69) is 26.9 Å². The van der Waals surface area contributed by atoms with E-state index in [1.165, 1.54) is 10.9 Å². The number of hydrogen-bond acceptors (Lipinski definition) is 6. The van der Waals surface area contributed by atoms with Gasteiger partial charge in [0.05, 0.1) is 23.1 Å². The van der Waals surface area contributed by atoms with Crippen LogP contribution in [0.5, 0.6) is 0 Å². The fourth-order valence-electron chi connectivity index (χ4n) is 3.52. The van der Waals surface area contributed by atoms with Gasteiger partial charge in [0.25, 0.3) is 5.56 Å². The number of amides is 1. The molecule has 31 heavy (non-hydrogen) atoms. The van der Waals surface area contributed by atoms with Gasteiger partial charge in [-0.3, -0.25) is 19.1 Å². The Morgan fingerprint density at radius 2 is 1.90 bits per heavy atom. The van der Waals surface area contributed by atoms with Crippen LogP contribution in [0.25, 0.3) is 16.6 Å². The number of para-hydroxylation sites is 1. The van der Waals surface area contributed by atoms with Crippen molar-refractivity contribution in [3.05, 3.63) is 82.9 Å². The minimum atomic E-state index is -0.583. The Bertz CT molecular complexity index is 1260. The third-order valence-corrected chi connectivity index (χ3v) is 5.37. The summed E-state index contributed by atoms with van der Waals surface area (Å²) in [6, 6.07) is 15.2. The normalized spacial score (nSPS) is 12.4. The molecule has 1 unspecified atom stereocenters. The Labute approximate surface area is 178 Å². The number of hydrogen-bond donors (Lipinski definition) is 1. The molecule has 2 N–H and O–H groups in total. The molecule has 0 spiro atoms.